The molecule has 2 aromatic heterocycles. The topological polar surface area (TPSA) is 69.3 Å². The van der Waals surface area contributed by atoms with Crippen LogP contribution in [0.15, 0.2) is 58.3 Å². The van der Waals surface area contributed by atoms with Gasteiger partial charge in [0, 0.05) is 5.70 Å². The molecule has 1 atom stereocenters. The van der Waals surface area contributed by atoms with Crippen LogP contribution < -0.4 is 5.32 Å². The van der Waals surface area contributed by atoms with Gasteiger partial charge in [-0.1, -0.05) is 12.1 Å². The van der Waals surface area contributed by atoms with E-state index in [1.54, 1.807) is 12.3 Å². The summed E-state index contributed by atoms with van der Waals surface area (Å²) < 4.78 is 12.5. The van der Waals surface area contributed by atoms with Crippen molar-refractivity contribution in [2.24, 2.45) is 0 Å². The first-order valence-electron chi connectivity index (χ1n) is 7.27. The number of aromatic nitrogens is 2. The fourth-order valence-electron chi connectivity index (χ4n) is 3.05. The Bertz CT molecular complexity index is 922. The number of benzene rings is 1. The van der Waals surface area contributed by atoms with E-state index in [1.165, 1.54) is 7.11 Å². The molecule has 4 rings (SSSR count). The van der Waals surface area contributed by atoms with Crippen molar-refractivity contribution < 1.29 is 13.9 Å². The van der Waals surface area contributed by atoms with E-state index in [0.29, 0.717) is 23.0 Å². The fraction of sp³-hybridized carbons (Fsp3) is 0.176. The Hall–Kier alpha value is -3.02. The summed E-state index contributed by atoms with van der Waals surface area (Å²) in [7, 11) is 1.38. The van der Waals surface area contributed by atoms with Gasteiger partial charge in [-0.3, -0.25) is 4.57 Å². The molecule has 3 aromatic rings. The number of carbonyl (C=O) groups excluding carboxylic acids is 1. The predicted molar refractivity (Wildman–Crippen MR) is 84.9 cm³/mol. The molecule has 3 heterocycles. The molecule has 23 heavy (non-hydrogen) atoms. The largest absolute Gasteiger partial charge is 0.467 e. The average Bonchev–Trinajstić information content (AvgIpc) is 3.20. The van der Waals surface area contributed by atoms with E-state index >= 15 is 0 Å². The number of methoxy groups -OCH3 is 1. The number of anilines is 1. The lowest BCUT2D eigenvalue weighted by Gasteiger charge is -2.28. The van der Waals surface area contributed by atoms with Crippen molar-refractivity contribution in [1.82, 2.24) is 9.55 Å². The number of nitrogens with zero attached hydrogens (tertiary/aromatic N) is 2. The molecule has 0 bridgehead atoms. The van der Waals surface area contributed by atoms with Gasteiger partial charge < -0.3 is 14.5 Å². The van der Waals surface area contributed by atoms with Gasteiger partial charge in [-0.25, -0.2) is 9.78 Å². The number of ether oxygens (including phenoxy) is 1. The van der Waals surface area contributed by atoms with Gasteiger partial charge in [0.1, 0.15) is 11.8 Å². The molecule has 1 aromatic carbocycles. The van der Waals surface area contributed by atoms with Crippen LogP contribution >= 0.6 is 0 Å². The van der Waals surface area contributed by atoms with Crippen LogP contribution in [0.25, 0.3) is 11.0 Å². The quantitative estimate of drug-likeness (QED) is 0.737. The molecule has 1 aliphatic heterocycles. The third-order valence-electron chi connectivity index (χ3n) is 4.05. The second kappa shape index (κ2) is 5.01. The summed E-state index contributed by atoms with van der Waals surface area (Å²) in [5.74, 6) is 0.952. The Balaban J connectivity index is 2.02. The molecular weight excluding hydrogens is 294 g/mol. The van der Waals surface area contributed by atoms with Gasteiger partial charge in [0.15, 0.2) is 0 Å². The van der Waals surface area contributed by atoms with E-state index in [4.69, 9.17) is 9.15 Å². The van der Waals surface area contributed by atoms with Crippen LogP contribution in [-0.4, -0.2) is 22.6 Å². The molecule has 0 fully saturated rings. The van der Waals surface area contributed by atoms with Gasteiger partial charge in [0.2, 0.25) is 5.95 Å². The molecule has 0 spiro atoms. The second-order valence-electron chi connectivity index (χ2n) is 5.37. The number of hydrogen-bond donors (Lipinski definition) is 1. The first kappa shape index (κ1) is 13.6. The van der Waals surface area contributed by atoms with Gasteiger partial charge in [0.25, 0.3) is 0 Å². The lowest BCUT2D eigenvalue weighted by atomic mass is 10.0. The van der Waals surface area contributed by atoms with Crippen LogP contribution in [0.5, 0.6) is 0 Å². The van der Waals surface area contributed by atoms with E-state index in [0.717, 1.165) is 11.0 Å². The van der Waals surface area contributed by atoms with Crippen LogP contribution in [0.2, 0.25) is 0 Å². The zero-order valence-corrected chi connectivity index (χ0v) is 12.7. The Labute approximate surface area is 132 Å². The van der Waals surface area contributed by atoms with E-state index in [1.807, 2.05) is 41.8 Å². The van der Waals surface area contributed by atoms with E-state index in [9.17, 15) is 4.79 Å². The number of allylic oxidation sites excluding steroid dienone is 1. The minimum absolute atomic E-state index is 0.389. The Morgan fingerprint density at radius 1 is 1.30 bits per heavy atom. The minimum atomic E-state index is -0.416. The molecule has 1 aliphatic rings. The first-order chi connectivity index (χ1) is 11.2. The SMILES string of the molecule is COC(=O)C1=C(C)Nc2nc3ccccc3n2C1c1ccco1. The van der Waals surface area contributed by atoms with Crippen molar-refractivity contribution in [3.8, 4) is 0 Å². The van der Waals surface area contributed by atoms with Crippen LogP contribution in [0.3, 0.4) is 0 Å². The molecule has 0 saturated heterocycles. The molecule has 0 amide bonds. The third kappa shape index (κ3) is 1.95. The van der Waals surface area contributed by atoms with E-state index in [2.05, 4.69) is 10.3 Å². The monoisotopic (exact) mass is 309 g/mol. The number of esters is 1. The number of nitrogens with one attached hydrogen (secondary N) is 1. The van der Waals surface area contributed by atoms with Crippen LogP contribution in [0, 0.1) is 0 Å². The maximum absolute atomic E-state index is 12.4. The highest BCUT2D eigenvalue weighted by molar-refractivity contribution is 5.93. The predicted octanol–water partition coefficient (Wildman–Crippen LogP) is 3.09. The fourth-order valence-corrected chi connectivity index (χ4v) is 3.05. The summed E-state index contributed by atoms with van der Waals surface area (Å²) >= 11 is 0. The third-order valence-corrected chi connectivity index (χ3v) is 4.05. The van der Waals surface area contributed by atoms with E-state index in [-0.39, 0.29) is 5.97 Å². The highest BCUT2D eigenvalue weighted by atomic mass is 16.5. The van der Waals surface area contributed by atoms with Crippen molar-refractivity contribution in [3.63, 3.8) is 0 Å². The highest BCUT2D eigenvalue weighted by Crippen LogP contribution is 2.39. The molecule has 0 aliphatic carbocycles. The summed E-state index contributed by atoms with van der Waals surface area (Å²) in [6, 6.07) is 11.0. The number of imidazole rings is 1. The maximum atomic E-state index is 12.4. The lowest BCUT2D eigenvalue weighted by molar-refractivity contribution is -0.136. The number of carbonyl (C=O) groups is 1. The summed E-state index contributed by atoms with van der Waals surface area (Å²) in [5.41, 5.74) is 3.00. The molecule has 0 radical (unpaired) electrons. The molecule has 6 heteroatoms. The van der Waals surface area contributed by atoms with E-state index < -0.39 is 6.04 Å². The number of furan rings is 1. The van der Waals surface area contributed by atoms with Gasteiger partial charge in [-0.2, -0.15) is 0 Å². The highest BCUT2D eigenvalue weighted by Gasteiger charge is 2.36. The lowest BCUT2D eigenvalue weighted by Crippen LogP contribution is -2.28. The molecular formula is C17H15N3O3. The van der Waals surface area contributed by atoms with Gasteiger partial charge in [-0.05, 0) is 31.2 Å². The van der Waals surface area contributed by atoms with Crippen LogP contribution in [-0.2, 0) is 9.53 Å². The number of para-hydroxylation sites is 2. The Kier molecular flexibility index (Phi) is 2.97. The van der Waals surface area contributed by atoms with Crippen LogP contribution in [0.1, 0.15) is 18.7 Å². The van der Waals surface area contributed by atoms with Gasteiger partial charge in [0.05, 0.1) is 30.0 Å². The minimum Gasteiger partial charge on any atom is -0.467 e. The summed E-state index contributed by atoms with van der Waals surface area (Å²) in [6.07, 6.45) is 1.60. The Morgan fingerprint density at radius 3 is 2.87 bits per heavy atom. The molecule has 0 saturated carbocycles. The molecule has 1 N–H and O–H groups in total. The smallest absolute Gasteiger partial charge is 0.338 e. The van der Waals surface area contributed by atoms with Gasteiger partial charge in [-0.15, -0.1) is 0 Å². The average molecular weight is 309 g/mol. The standard InChI is InChI=1S/C17H15N3O3/c1-10-14(16(21)22-2)15(13-8-5-9-23-13)20-12-7-4-3-6-11(12)19-17(20)18-10/h3-9,15H,1-2H3,(H,18,19). The first-order valence-corrected chi connectivity index (χ1v) is 7.27. The summed E-state index contributed by atoms with van der Waals surface area (Å²) in [5, 5.41) is 3.20. The van der Waals surface area contributed by atoms with Crippen molar-refractivity contribution in [1.29, 1.82) is 0 Å². The molecule has 116 valence electrons. The zero-order valence-electron chi connectivity index (χ0n) is 12.7. The summed E-state index contributed by atoms with van der Waals surface area (Å²) in [6.45, 7) is 1.84. The zero-order chi connectivity index (χ0) is 16.0. The molecule has 6 nitrogen and oxygen atoms in total. The Morgan fingerprint density at radius 2 is 2.13 bits per heavy atom. The number of fused-ring (bicyclic) bond motifs is 3. The normalized spacial score (nSPS) is 17.0. The van der Waals surface area contributed by atoms with Gasteiger partial charge >= 0.3 is 5.97 Å². The number of hydrogen-bond acceptors (Lipinski definition) is 5. The van der Waals surface area contributed by atoms with Crippen molar-refractivity contribution in [2.45, 2.75) is 13.0 Å². The van der Waals surface area contributed by atoms with Crippen molar-refractivity contribution in [3.05, 3.63) is 59.7 Å². The van der Waals surface area contributed by atoms with Crippen LogP contribution in [0.4, 0.5) is 5.95 Å². The maximum Gasteiger partial charge on any atom is 0.338 e. The number of rotatable bonds is 2. The second-order valence-corrected chi connectivity index (χ2v) is 5.37. The van der Waals surface area contributed by atoms with Crippen molar-refractivity contribution in [2.75, 3.05) is 12.4 Å². The summed E-state index contributed by atoms with van der Waals surface area (Å²) in [4.78, 5) is 17.0. The molecule has 1 unspecified atom stereocenters. The van der Waals surface area contributed by atoms with Crippen molar-refractivity contribution >= 4 is 23.0 Å².